The van der Waals surface area contributed by atoms with Gasteiger partial charge in [-0.05, 0) is 43.4 Å². The molecule has 0 aliphatic heterocycles. The lowest BCUT2D eigenvalue weighted by Crippen LogP contribution is -2.29. The summed E-state index contributed by atoms with van der Waals surface area (Å²) >= 11 is 0. The zero-order valence-corrected chi connectivity index (χ0v) is 11.0. The van der Waals surface area contributed by atoms with Crippen molar-refractivity contribution in [2.75, 3.05) is 0 Å². The Bertz CT molecular complexity index is 477. The molecule has 2 unspecified atom stereocenters. The number of nitrogens with two attached hydrogens (primary N) is 1. The third kappa shape index (κ3) is 3.16. The highest BCUT2D eigenvalue weighted by Crippen LogP contribution is 2.30. The van der Waals surface area contributed by atoms with Crippen LogP contribution in [-0.2, 0) is 0 Å². The minimum Gasteiger partial charge on any atom is -0.489 e. The van der Waals surface area contributed by atoms with E-state index in [-0.39, 0.29) is 11.9 Å². The van der Waals surface area contributed by atoms with Crippen molar-refractivity contribution in [3.05, 3.63) is 29.6 Å². The molecular weight excluding hydrogens is 247 g/mol. The molecule has 2 rings (SSSR count). The van der Waals surface area contributed by atoms with E-state index in [1.165, 1.54) is 24.6 Å². The molecule has 19 heavy (non-hydrogen) atoms. The van der Waals surface area contributed by atoms with Crippen LogP contribution in [-0.4, -0.2) is 17.1 Å². The Labute approximate surface area is 112 Å². The molecule has 1 aromatic carbocycles. The summed E-state index contributed by atoms with van der Waals surface area (Å²) in [7, 11) is 0. The van der Waals surface area contributed by atoms with E-state index in [0.29, 0.717) is 17.2 Å². The van der Waals surface area contributed by atoms with Gasteiger partial charge in [0.25, 0.3) is 0 Å². The molecule has 2 atom stereocenters. The van der Waals surface area contributed by atoms with Crippen LogP contribution in [0, 0.1) is 11.7 Å². The second-order valence-electron chi connectivity index (χ2n) is 5.04. The van der Waals surface area contributed by atoms with E-state index in [2.05, 4.69) is 12.1 Å². The van der Waals surface area contributed by atoms with E-state index in [0.717, 1.165) is 19.3 Å². The topological polar surface area (TPSA) is 67.8 Å². The Morgan fingerprint density at radius 1 is 1.42 bits per heavy atom. The normalized spacial score (nSPS) is 24.2. The first kappa shape index (κ1) is 13.6. The van der Waals surface area contributed by atoms with E-state index in [9.17, 15) is 4.39 Å². The molecule has 5 heteroatoms. The maximum atomic E-state index is 13.3. The van der Waals surface area contributed by atoms with Gasteiger partial charge in [-0.3, -0.25) is 0 Å². The third-order valence-corrected chi connectivity index (χ3v) is 3.64. The summed E-state index contributed by atoms with van der Waals surface area (Å²) in [5.41, 5.74) is 5.85. The molecule has 3 N–H and O–H groups in total. The molecular formula is C14H19FN2O2. The smallest absolute Gasteiger partial charge is 0.173 e. The van der Waals surface area contributed by atoms with Crippen molar-refractivity contribution >= 4 is 5.84 Å². The molecule has 0 amide bonds. The Kier molecular flexibility index (Phi) is 4.24. The first-order chi connectivity index (χ1) is 9.11. The van der Waals surface area contributed by atoms with Crippen LogP contribution in [0.4, 0.5) is 4.39 Å². The summed E-state index contributed by atoms with van der Waals surface area (Å²) in [6.07, 6.45) is 4.57. The number of halogens is 1. The number of oxime groups is 1. The molecule has 1 aromatic rings. The van der Waals surface area contributed by atoms with Gasteiger partial charge in [-0.15, -0.1) is 0 Å². The van der Waals surface area contributed by atoms with Crippen molar-refractivity contribution in [3.8, 4) is 5.75 Å². The largest absolute Gasteiger partial charge is 0.489 e. The van der Waals surface area contributed by atoms with Crippen molar-refractivity contribution in [3.63, 3.8) is 0 Å². The standard InChI is InChI=1S/C14H19FN2O2/c1-9-4-2-3-5-12(9)19-13-7-6-10(15)8-11(13)14(16)17-18/h6-9,12,18H,2-5H2,1H3,(H2,16,17). The highest BCUT2D eigenvalue weighted by Gasteiger charge is 2.24. The Morgan fingerprint density at radius 3 is 2.84 bits per heavy atom. The third-order valence-electron chi connectivity index (χ3n) is 3.64. The lowest BCUT2D eigenvalue weighted by Gasteiger charge is -2.30. The summed E-state index contributed by atoms with van der Waals surface area (Å²) in [6, 6.07) is 4.07. The van der Waals surface area contributed by atoms with Crippen LogP contribution in [0.25, 0.3) is 0 Å². The minimum absolute atomic E-state index is 0.101. The van der Waals surface area contributed by atoms with Gasteiger partial charge in [-0.1, -0.05) is 18.5 Å². The lowest BCUT2D eigenvalue weighted by molar-refractivity contribution is 0.102. The molecule has 1 fully saturated rings. The zero-order valence-electron chi connectivity index (χ0n) is 11.0. The summed E-state index contributed by atoms with van der Waals surface area (Å²) in [5.74, 6) is 0.345. The number of benzene rings is 1. The molecule has 1 aliphatic rings. The molecule has 0 saturated heterocycles. The predicted molar refractivity (Wildman–Crippen MR) is 71.0 cm³/mol. The van der Waals surface area contributed by atoms with E-state index in [1.807, 2.05) is 0 Å². The Morgan fingerprint density at radius 2 is 2.16 bits per heavy atom. The van der Waals surface area contributed by atoms with Crippen molar-refractivity contribution in [2.24, 2.45) is 16.8 Å². The molecule has 0 spiro atoms. The second-order valence-corrected chi connectivity index (χ2v) is 5.04. The van der Waals surface area contributed by atoms with Crippen LogP contribution in [0.3, 0.4) is 0 Å². The lowest BCUT2D eigenvalue weighted by atomic mass is 9.88. The molecule has 0 aromatic heterocycles. The fourth-order valence-corrected chi connectivity index (χ4v) is 2.48. The average molecular weight is 266 g/mol. The van der Waals surface area contributed by atoms with Crippen LogP contribution >= 0.6 is 0 Å². The number of hydrogen-bond donors (Lipinski definition) is 2. The van der Waals surface area contributed by atoms with Gasteiger partial charge in [0.2, 0.25) is 0 Å². The van der Waals surface area contributed by atoms with Crippen molar-refractivity contribution < 1.29 is 14.3 Å². The summed E-state index contributed by atoms with van der Waals surface area (Å²) in [4.78, 5) is 0. The van der Waals surface area contributed by atoms with Crippen LogP contribution in [0.15, 0.2) is 23.4 Å². The molecule has 0 radical (unpaired) electrons. The summed E-state index contributed by atoms with van der Waals surface area (Å²) in [6.45, 7) is 2.15. The van der Waals surface area contributed by atoms with Crippen molar-refractivity contribution in [1.82, 2.24) is 0 Å². The van der Waals surface area contributed by atoms with Gasteiger partial charge in [0.1, 0.15) is 17.7 Å². The number of nitrogens with zero attached hydrogens (tertiary/aromatic N) is 1. The van der Waals surface area contributed by atoms with E-state index < -0.39 is 5.82 Å². The number of amidine groups is 1. The average Bonchev–Trinajstić information content (AvgIpc) is 2.42. The molecule has 104 valence electrons. The second kappa shape index (κ2) is 5.91. The van der Waals surface area contributed by atoms with E-state index in [4.69, 9.17) is 15.7 Å². The molecule has 1 saturated carbocycles. The van der Waals surface area contributed by atoms with Gasteiger partial charge in [0.15, 0.2) is 5.84 Å². The maximum absolute atomic E-state index is 13.3. The van der Waals surface area contributed by atoms with Gasteiger partial charge >= 0.3 is 0 Å². The monoisotopic (exact) mass is 266 g/mol. The fourth-order valence-electron chi connectivity index (χ4n) is 2.48. The first-order valence-corrected chi connectivity index (χ1v) is 6.56. The van der Waals surface area contributed by atoms with Crippen LogP contribution in [0.2, 0.25) is 0 Å². The highest BCUT2D eigenvalue weighted by atomic mass is 19.1. The molecule has 0 bridgehead atoms. The quantitative estimate of drug-likeness (QED) is 0.382. The highest BCUT2D eigenvalue weighted by molar-refractivity contribution is 5.99. The Hall–Kier alpha value is -1.78. The molecule has 4 nitrogen and oxygen atoms in total. The van der Waals surface area contributed by atoms with Crippen molar-refractivity contribution in [1.29, 1.82) is 0 Å². The van der Waals surface area contributed by atoms with Crippen LogP contribution < -0.4 is 10.5 Å². The van der Waals surface area contributed by atoms with E-state index in [1.54, 1.807) is 0 Å². The molecule has 1 aliphatic carbocycles. The SMILES string of the molecule is CC1CCCCC1Oc1ccc(F)cc1C(N)=NO. The minimum atomic E-state index is -0.439. The summed E-state index contributed by atoms with van der Waals surface area (Å²) in [5, 5.41) is 11.7. The van der Waals surface area contributed by atoms with Gasteiger partial charge in [0, 0.05) is 0 Å². The number of ether oxygens (including phenoxy) is 1. The van der Waals surface area contributed by atoms with E-state index >= 15 is 0 Å². The maximum Gasteiger partial charge on any atom is 0.173 e. The van der Waals surface area contributed by atoms with Gasteiger partial charge < -0.3 is 15.7 Å². The number of hydrogen-bond acceptors (Lipinski definition) is 3. The van der Waals surface area contributed by atoms with Gasteiger partial charge in [-0.2, -0.15) is 0 Å². The van der Waals surface area contributed by atoms with Crippen LogP contribution in [0.1, 0.15) is 38.2 Å². The Balaban J connectivity index is 2.24. The van der Waals surface area contributed by atoms with Crippen LogP contribution in [0.5, 0.6) is 5.75 Å². The van der Waals surface area contributed by atoms with Gasteiger partial charge in [-0.25, -0.2) is 4.39 Å². The first-order valence-electron chi connectivity index (χ1n) is 6.56. The van der Waals surface area contributed by atoms with Crippen molar-refractivity contribution in [2.45, 2.75) is 38.7 Å². The predicted octanol–water partition coefficient (Wildman–Crippen LogP) is 2.88. The molecule has 0 heterocycles. The zero-order chi connectivity index (χ0) is 13.8. The number of rotatable bonds is 3. The summed E-state index contributed by atoms with van der Waals surface area (Å²) < 4.78 is 19.2. The van der Waals surface area contributed by atoms with Gasteiger partial charge in [0.05, 0.1) is 5.56 Å². The fraction of sp³-hybridized carbons (Fsp3) is 0.500.